The molecule has 32 heavy (non-hydrogen) atoms. The van der Waals surface area contributed by atoms with Crippen LogP contribution < -0.4 is 21.7 Å². The third kappa shape index (κ3) is 9.67. The molecule has 0 saturated carbocycles. The van der Waals surface area contributed by atoms with Gasteiger partial charge in [0.1, 0.15) is 12.1 Å². The summed E-state index contributed by atoms with van der Waals surface area (Å²) in [6.45, 7) is -0.706. The van der Waals surface area contributed by atoms with Gasteiger partial charge in [-0.3, -0.25) is 24.0 Å². The molecule has 0 aliphatic carbocycles. The van der Waals surface area contributed by atoms with E-state index in [0.29, 0.717) is 5.56 Å². The molecule has 0 spiro atoms. The van der Waals surface area contributed by atoms with E-state index in [1.54, 1.807) is 30.3 Å². The molecule has 0 aromatic heterocycles. The smallest absolute Gasteiger partial charge is 0.326 e. The van der Waals surface area contributed by atoms with Gasteiger partial charge in [0.15, 0.2) is 0 Å². The minimum Gasteiger partial charge on any atom is -0.481 e. The van der Waals surface area contributed by atoms with Crippen LogP contribution in [0.5, 0.6) is 0 Å². The van der Waals surface area contributed by atoms with Crippen LogP contribution in [0.2, 0.25) is 0 Å². The summed E-state index contributed by atoms with van der Waals surface area (Å²) in [5.41, 5.74) is 5.95. The molecule has 0 saturated heterocycles. The maximum atomic E-state index is 12.5. The Balaban J connectivity index is 2.74. The summed E-state index contributed by atoms with van der Waals surface area (Å²) in [7, 11) is 0. The first-order valence-corrected chi connectivity index (χ1v) is 9.33. The van der Waals surface area contributed by atoms with Crippen LogP contribution in [0.4, 0.5) is 0 Å². The first-order chi connectivity index (χ1) is 15.0. The molecular weight excluding hydrogens is 428 g/mol. The third-order valence-electron chi connectivity index (χ3n) is 4.08. The number of nitrogens with one attached hydrogen (secondary N) is 3. The van der Waals surface area contributed by atoms with Crippen LogP contribution in [0.25, 0.3) is 0 Å². The number of aliphatic carboxylic acids is 3. The van der Waals surface area contributed by atoms with Gasteiger partial charge >= 0.3 is 17.9 Å². The zero-order valence-corrected chi connectivity index (χ0v) is 16.8. The minimum atomic E-state index is -1.62. The molecule has 174 valence electrons. The van der Waals surface area contributed by atoms with Crippen molar-refractivity contribution in [3.63, 3.8) is 0 Å². The van der Waals surface area contributed by atoms with Crippen LogP contribution in [0.3, 0.4) is 0 Å². The second-order valence-corrected chi connectivity index (χ2v) is 6.73. The third-order valence-corrected chi connectivity index (χ3v) is 4.08. The molecule has 0 fully saturated rings. The Morgan fingerprint density at radius 3 is 1.94 bits per heavy atom. The van der Waals surface area contributed by atoms with Crippen LogP contribution in [0.1, 0.15) is 18.4 Å². The fourth-order valence-corrected chi connectivity index (χ4v) is 2.53. The predicted octanol–water partition coefficient (Wildman–Crippen LogP) is -2.32. The van der Waals surface area contributed by atoms with Gasteiger partial charge in [-0.25, -0.2) is 4.79 Å². The molecule has 0 bridgehead atoms. The molecule has 1 rings (SSSR count). The van der Waals surface area contributed by atoms with Crippen molar-refractivity contribution in [3.8, 4) is 0 Å². The lowest BCUT2D eigenvalue weighted by atomic mass is 10.1. The number of hydrogen-bond acceptors (Lipinski definition) is 7. The highest BCUT2D eigenvalue weighted by Gasteiger charge is 2.28. The molecule has 13 nitrogen and oxygen atoms in total. The molecule has 3 atom stereocenters. The lowest BCUT2D eigenvalue weighted by Crippen LogP contribution is -2.54. The quantitative estimate of drug-likeness (QED) is 0.169. The Hall–Kier alpha value is -4.00. The molecule has 0 radical (unpaired) electrons. The number of carbonyl (C=O) groups excluding carboxylic acids is 3. The highest BCUT2D eigenvalue weighted by molar-refractivity contribution is 5.94. The number of hydrogen-bond donors (Lipinski definition) is 7. The molecule has 0 aliphatic heterocycles. The maximum Gasteiger partial charge on any atom is 0.326 e. The van der Waals surface area contributed by atoms with Gasteiger partial charge in [0, 0.05) is 6.42 Å². The van der Waals surface area contributed by atoms with E-state index >= 15 is 0 Å². The molecule has 3 unspecified atom stereocenters. The summed E-state index contributed by atoms with van der Waals surface area (Å²) in [5.74, 6) is -7.06. The summed E-state index contributed by atoms with van der Waals surface area (Å²) < 4.78 is 0. The number of carboxylic acids is 3. The van der Waals surface area contributed by atoms with E-state index in [2.05, 4.69) is 16.0 Å². The zero-order chi connectivity index (χ0) is 24.3. The topological polar surface area (TPSA) is 225 Å². The summed E-state index contributed by atoms with van der Waals surface area (Å²) >= 11 is 0. The van der Waals surface area contributed by atoms with E-state index in [9.17, 15) is 33.9 Å². The Morgan fingerprint density at radius 1 is 0.812 bits per heavy atom. The van der Waals surface area contributed by atoms with E-state index in [-0.39, 0.29) is 6.42 Å². The largest absolute Gasteiger partial charge is 0.481 e. The monoisotopic (exact) mass is 452 g/mol. The Kier molecular flexibility index (Phi) is 10.3. The number of rotatable bonds is 13. The summed E-state index contributed by atoms with van der Waals surface area (Å²) in [6, 6.07) is 3.97. The second kappa shape index (κ2) is 12.6. The van der Waals surface area contributed by atoms with Crippen molar-refractivity contribution in [2.45, 2.75) is 37.4 Å². The van der Waals surface area contributed by atoms with Crippen LogP contribution in [0, 0.1) is 0 Å². The van der Waals surface area contributed by atoms with E-state index in [4.69, 9.17) is 15.9 Å². The number of carbonyl (C=O) groups is 6. The van der Waals surface area contributed by atoms with E-state index in [1.807, 2.05) is 0 Å². The molecule has 3 amide bonds. The first kappa shape index (κ1) is 26.0. The number of amides is 3. The van der Waals surface area contributed by atoms with Gasteiger partial charge in [-0.05, 0) is 5.56 Å². The minimum absolute atomic E-state index is 0.0762. The lowest BCUT2D eigenvalue weighted by Gasteiger charge is -2.21. The van der Waals surface area contributed by atoms with Crippen molar-refractivity contribution in [2.24, 2.45) is 5.73 Å². The van der Waals surface area contributed by atoms with Crippen molar-refractivity contribution < 1.29 is 44.1 Å². The number of nitrogens with two attached hydrogens (primary N) is 1. The molecule has 1 aromatic carbocycles. The zero-order valence-electron chi connectivity index (χ0n) is 16.8. The van der Waals surface area contributed by atoms with E-state index < -0.39 is 73.1 Å². The average molecular weight is 452 g/mol. The number of carboxylic acid groups (broad SMARTS) is 3. The molecule has 1 aromatic rings. The van der Waals surface area contributed by atoms with Crippen molar-refractivity contribution in [1.82, 2.24) is 16.0 Å². The normalized spacial score (nSPS) is 13.2. The highest BCUT2D eigenvalue weighted by atomic mass is 16.4. The van der Waals surface area contributed by atoms with Gasteiger partial charge in [-0.15, -0.1) is 0 Å². The number of benzene rings is 1. The van der Waals surface area contributed by atoms with Crippen LogP contribution in [0.15, 0.2) is 30.3 Å². The predicted molar refractivity (Wildman–Crippen MR) is 107 cm³/mol. The summed E-state index contributed by atoms with van der Waals surface area (Å²) in [4.78, 5) is 69.3. The Morgan fingerprint density at radius 2 is 1.41 bits per heavy atom. The highest BCUT2D eigenvalue weighted by Crippen LogP contribution is 2.05. The molecule has 13 heteroatoms. The van der Waals surface area contributed by atoms with Crippen LogP contribution >= 0.6 is 0 Å². The van der Waals surface area contributed by atoms with Crippen molar-refractivity contribution in [2.75, 3.05) is 6.54 Å². The summed E-state index contributed by atoms with van der Waals surface area (Å²) in [5, 5.41) is 33.3. The van der Waals surface area contributed by atoms with Gasteiger partial charge in [0.05, 0.1) is 25.4 Å². The van der Waals surface area contributed by atoms with Crippen LogP contribution in [-0.4, -0.2) is 75.6 Å². The van der Waals surface area contributed by atoms with Crippen molar-refractivity contribution in [1.29, 1.82) is 0 Å². The van der Waals surface area contributed by atoms with Gasteiger partial charge in [0.25, 0.3) is 0 Å². The fourth-order valence-electron chi connectivity index (χ4n) is 2.53. The van der Waals surface area contributed by atoms with Gasteiger partial charge in [-0.1, -0.05) is 30.3 Å². The molecule has 0 heterocycles. The Bertz CT molecular complexity index is 860. The van der Waals surface area contributed by atoms with E-state index in [0.717, 1.165) is 0 Å². The second-order valence-electron chi connectivity index (χ2n) is 6.73. The lowest BCUT2D eigenvalue weighted by molar-refractivity contribution is -0.143. The molecular formula is C19H24N4O9. The van der Waals surface area contributed by atoms with E-state index in [1.165, 1.54) is 0 Å². The molecule has 8 N–H and O–H groups in total. The van der Waals surface area contributed by atoms with Crippen molar-refractivity contribution in [3.05, 3.63) is 35.9 Å². The maximum absolute atomic E-state index is 12.5. The van der Waals surface area contributed by atoms with Gasteiger partial charge in [0.2, 0.25) is 17.7 Å². The Labute approximate surface area is 182 Å². The standard InChI is InChI=1S/C19H24N4O9/c20-11(7-15(25)26)17(29)21-9-14(24)22-12(8-16(27)28)18(30)23-13(19(31)32)6-10-4-2-1-3-5-10/h1-5,11-13H,6-9,20H2,(H,21,29)(H,22,24)(H,23,30)(H,25,26)(H,27,28)(H,31,32). The van der Waals surface area contributed by atoms with Gasteiger partial charge in [-0.2, -0.15) is 0 Å². The molecule has 0 aliphatic rings. The van der Waals surface area contributed by atoms with Crippen LogP contribution in [-0.2, 0) is 35.2 Å². The first-order valence-electron chi connectivity index (χ1n) is 9.33. The van der Waals surface area contributed by atoms with Gasteiger partial charge < -0.3 is 37.0 Å². The van der Waals surface area contributed by atoms with Crippen molar-refractivity contribution >= 4 is 35.6 Å². The SMILES string of the molecule is NC(CC(=O)O)C(=O)NCC(=O)NC(CC(=O)O)C(=O)NC(Cc1ccccc1)C(=O)O. The summed E-state index contributed by atoms with van der Waals surface area (Å²) in [6.07, 6.45) is -1.59. The average Bonchev–Trinajstić information content (AvgIpc) is 2.70. The fraction of sp³-hybridized carbons (Fsp3) is 0.368.